The molecule has 0 bridgehead atoms. The first kappa shape index (κ1) is 71.6. The minimum atomic E-state index is -0.612. The van der Waals surface area contributed by atoms with E-state index in [4.69, 9.17) is 68.8 Å². The molecule has 0 unspecified atom stereocenters. The standard InChI is InChI=1S/C49H108N24O4/c1-62-28-37-73(35-14-33-71(29-10-24-63-42(74)38(50)16-2-6-20-67-46(54)55)30-11-25-64-43(75)39(51)17-3-7-21-68-47(56)57)36-15-34-72(31-12-26-65-44(76)40(52)18-4-8-22-69-48(58)59)32-13-27-66-45(77)41(53)19-5-9-23-70-49(60)61/h38-41,62H,2-37,50-53H2,1H3,(H,63,74)(H,64,75)(H,65,76)(H,66,77)(H4,54,55,67)(H4,56,57,68)(H4,58,59,69)(H4,60,61,70)/t38-,39-,40-,41-/m0/s1. The third-order valence-corrected chi connectivity index (χ3v) is 12.6. The first-order valence-electron chi connectivity index (χ1n) is 28.0. The SMILES string of the molecule is CNCCN(CCCN(CCCNC(=O)[C@@H](N)CCCCN=C(N)N)CCCNC(=O)[C@@H](N)CCCCN=C(N)N)CCCN(CCCNC(=O)[C@@H](N)CCCCN=C(N)N)CCCNC(=O)[C@@H](N)CCCCN=C(N)N. The smallest absolute Gasteiger partial charge is 0.236 e. The van der Waals surface area contributed by atoms with Crippen LogP contribution in [-0.4, -0.2) is 211 Å². The molecule has 28 nitrogen and oxygen atoms in total. The van der Waals surface area contributed by atoms with Crippen LogP contribution >= 0.6 is 0 Å². The van der Waals surface area contributed by atoms with Crippen LogP contribution in [0.15, 0.2) is 20.0 Å². The van der Waals surface area contributed by atoms with Gasteiger partial charge in [-0.15, -0.1) is 0 Å². The zero-order valence-electron chi connectivity index (χ0n) is 47.0. The predicted octanol–water partition coefficient (Wildman–Crippen LogP) is -5.00. The molecule has 0 radical (unpaired) electrons. The second kappa shape index (κ2) is 47.8. The molecule has 4 atom stereocenters. The molecular formula is C49H108N24O4. The molecule has 0 aromatic carbocycles. The van der Waals surface area contributed by atoms with Gasteiger partial charge in [-0.1, -0.05) is 0 Å². The van der Waals surface area contributed by atoms with Crippen LogP contribution < -0.4 is 95.4 Å². The average molecular weight is 1100 g/mol. The van der Waals surface area contributed by atoms with Crippen molar-refractivity contribution in [1.82, 2.24) is 41.3 Å². The number of hydrogen-bond donors (Lipinski definition) is 17. The number of hydrogen-bond acceptors (Lipinski definition) is 16. The van der Waals surface area contributed by atoms with E-state index in [1.54, 1.807) is 0 Å². The van der Waals surface area contributed by atoms with Gasteiger partial charge in [0.1, 0.15) is 0 Å². The molecule has 0 saturated heterocycles. The van der Waals surface area contributed by atoms with Crippen molar-refractivity contribution in [2.24, 2.45) is 88.8 Å². The Balaban J connectivity index is 5.57. The topological polar surface area (TPSA) is 500 Å². The Bertz CT molecular complexity index is 1440. The van der Waals surface area contributed by atoms with Crippen molar-refractivity contribution in [3.63, 3.8) is 0 Å². The number of nitrogens with zero attached hydrogens (tertiary/aromatic N) is 7. The first-order chi connectivity index (χ1) is 36.9. The van der Waals surface area contributed by atoms with Crippen LogP contribution in [0.25, 0.3) is 0 Å². The minimum absolute atomic E-state index is 0.0455. The van der Waals surface area contributed by atoms with Crippen molar-refractivity contribution >= 4 is 47.5 Å². The summed E-state index contributed by atoms with van der Waals surface area (Å²) in [6.07, 6.45) is 12.8. The van der Waals surface area contributed by atoms with Gasteiger partial charge in [-0.05, 0) is 175 Å². The van der Waals surface area contributed by atoms with Crippen LogP contribution in [0.4, 0.5) is 0 Å². The lowest BCUT2D eigenvalue weighted by Gasteiger charge is -2.28. The molecule has 0 spiro atoms. The van der Waals surface area contributed by atoms with E-state index in [1.165, 1.54) is 0 Å². The Hall–Kier alpha value is -5.36. The van der Waals surface area contributed by atoms with Crippen molar-refractivity contribution in [3.05, 3.63) is 0 Å². The number of rotatable bonds is 51. The van der Waals surface area contributed by atoms with Gasteiger partial charge >= 0.3 is 0 Å². The number of amides is 4. The fourth-order valence-electron chi connectivity index (χ4n) is 8.15. The monoisotopic (exact) mass is 1100 g/mol. The fraction of sp³-hybridized carbons (Fsp3) is 0.837. The fourth-order valence-corrected chi connectivity index (χ4v) is 8.15. The number of carbonyl (C=O) groups is 4. The zero-order chi connectivity index (χ0) is 57.5. The van der Waals surface area contributed by atoms with Gasteiger partial charge < -0.3 is 110 Å². The quantitative estimate of drug-likeness (QED) is 0.0154. The number of unbranched alkanes of at least 4 members (excludes halogenated alkanes) is 4. The van der Waals surface area contributed by atoms with Gasteiger partial charge in [0.2, 0.25) is 23.6 Å². The van der Waals surface area contributed by atoms with Crippen molar-refractivity contribution in [1.29, 1.82) is 0 Å². The van der Waals surface area contributed by atoms with Crippen LogP contribution in [0, 0.1) is 0 Å². The molecule has 0 aliphatic rings. The largest absolute Gasteiger partial charge is 0.370 e. The Kier molecular flexibility index (Phi) is 44.5. The van der Waals surface area contributed by atoms with E-state index < -0.39 is 24.2 Å². The summed E-state index contributed by atoms with van der Waals surface area (Å²) in [5.74, 6) is -0.542. The normalized spacial score (nSPS) is 12.8. The van der Waals surface area contributed by atoms with Gasteiger partial charge in [-0.2, -0.15) is 0 Å². The molecule has 0 aromatic heterocycles. The van der Waals surface area contributed by atoms with E-state index >= 15 is 0 Å². The maximum Gasteiger partial charge on any atom is 0.236 e. The van der Waals surface area contributed by atoms with Gasteiger partial charge in [0.15, 0.2) is 23.8 Å². The maximum atomic E-state index is 12.8. The van der Waals surface area contributed by atoms with E-state index in [0.717, 1.165) is 155 Å². The lowest BCUT2D eigenvalue weighted by Crippen LogP contribution is -2.42. The minimum Gasteiger partial charge on any atom is -0.370 e. The highest BCUT2D eigenvalue weighted by molar-refractivity contribution is 5.82. The van der Waals surface area contributed by atoms with Crippen molar-refractivity contribution < 1.29 is 19.2 Å². The van der Waals surface area contributed by atoms with Crippen molar-refractivity contribution in [2.45, 2.75) is 140 Å². The van der Waals surface area contributed by atoms with Gasteiger partial charge in [-0.25, -0.2) is 0 Å². The second-order valence-electron chi connectivity index (χ2n) is 19.5. The molecular weight excluding hydrogens is 989 g/mol. The van der Waals surface area contributed by atoms with Gasteiger partial charge in [0, 0.05) is 65.4 Å². The molecule has 0 aromatic rings. The molecule has 0 rings (SSSR count). The highest BCUT2D eigenvalue weighted by atomic mass is 16.2. The Morgan fingerprint density at radius 1 is 0.325 bits per heavy atom. The van der Waals surface area contributed by atoms with E-state index in [0.29, 0.717) is 78.0 Å². The third-order valence-electron chi connectivity index (χ3n) is 12.6. The molecule has 0 aliphatic carbocycles. The van der Waals surface area contributed by atoms with Gasteiger partial charge in [-0.3, -0.25) is 39.1 Å². The van der Waals surface area contributed by atoms with Crippen molar-refractivity contribution in [2.75, 3.05) is 125 Å². The van der Waals surface area contributed by atoms with E-state index in [9.17, 15) is 19.2 Å². The molecule has 448 valence electrons. The third kappa shape index (κ3) is 44.3. The number of carbonyl (C=O) groups excluding carboxylic acids is 4. The molecule has 0 fully saturated rings. The number of likely N-dealkylation sites (N-methyl/N-ethyl adjacent to an activating group) is 1. The van der Waals surface area contributed by atoms with E-state index in [1.807, 2.05) is 7.05 Å². The van der Waals surface area contributed by atoms with Gasteiger partial charge in [0.05, 0.1) is 24.2 Å². The molecule has 28 heteroatoms. The Labute approximate surface area is 460 Å². The Morgan fingerprint density at radius 2 is 0.545 bits per heavy atom. The number of guanidine groups is 4. The second-order valence-corrected chi connectivity index (χ2v) is 19.5. The summed E-state index contributed by atoms with van der Waals surface area (Å²) in [6, 6.07) is -2.45. The molecule has 77 heavy (non-hydrogen) atoms. The van der Waals surface area contributed by atoms with E-state index in [2.05, 4.69) is 61.3 Å². The maximum absolute atomic E-state index is 12.8. The summed E-state index contributed by atoms with van der Waals surface area (Å²) < 4.78 is 0. The molecule has 29 N–H and O–H groups in total. The lowest BCUT2D eigenvalue weighted by atomic mass is 10.1. The lowest BCUT2D eigenvalue weighted by molar-refractivity contribution is -0.123. The summed E-state index contributed by atoms with van der Waals surface area (Å²) in [5.41, 5.74) is 67.9. The summed E-state index contributed by atoms with van der Waals surface area (Å²) in [6.45, 7) is 12.1. The van der Waals surface area contributed by atoms with Crippen LogP contribution in [0.1, 0.15) is 116 Å². The predicted molar refractivity (Wildman–Crippen MR) is 313 cm³/mol. The molecule has 0 heterocycles. The summed E-state index contributed by atoms with van der Waals surface area (Å²) >= 11 is 0. The molecule has 0 aliphatic heterocycles. The summed E-state index contributed by atoms with van der Waals surface area (Å²) in [5, 5.41) is 15.3. The summed E-state index contributed by atoms with van der Waals surface area (Å²) in [4.78, 5) is 74.2. The number of aliphatic imine (C=N–C) groups is 4. The Morgan fingerprint density at radius 3 is 0.766 bits per heavy atom. The van der Waals surface area contributed by atoms with Gasteiger partial charge in [0.25, 0.3) is 0 Å². The van der Waals surface area contributed by atoms with E-state index in [-0.39, 0.29) is 47.5 Å². The molecule has 4 amide bonds. The van der Waals surface area contributed by atoms with Crippen LogP contribution in [0.2, 0.25) is 0 Å². The molecule has 0 saturated carbocycles. The highest BCUT2D eigenvalue weighted by Crippen LogP contribution is 2.06. The highest BCUT2D eigenvalue weighted by Gasteiger charge is 2.17. The first-order valence-corrected chi connectivity index (χ1v) is 28.0. The number of nitrogens with two attached hydrogens (primary N) is 12. The number of nitrogens with one attached hydrogen (secondary N) is 5. The zero-order valence-corrected chi connectivity index (χ0v) is 47.0. The van der Waals surface area contributed by atoms with Crippen LogP contribution in [-0.2, 0) is 19.2 Å². The van der Waals surface area contributed by atoms with Crippen molar-refractivity contribution in [3.8, 4) is 0 Å². The van der Waals surface area contributed by atoms with Crippen LogP contribution in [0.5, 0.6) is 0 Å². The van der Waals surface area contributed by atoms with Crippen LogP contribution in [0.3, 0.4) is 0 Å². The average Bonchev–Trinajstić information content (AvgIpc) is 3.38. The summed E-state index contributed by atoms with van der Waals surface area (Å²) in [7, 11) is 1.95.